The monoisotopic (exact) mass is 323 g/mol. The van der Waals surface area contributed by atoms with Crippen molar-refractivity contribution in [1.29, 1.82) is 0 Å². The summed E-state index contributed by atoms with van der Waals surface area (Å²) in [5, 5.41) is 11.9. The van der Waals surface area contributed by atoms with E-state index in [1.807, 2.05) is 22.9 Å². The molecule has 5 nitrogen and oxygen atoms in total. The van der Waals surface area contributed by atoms with E-state index < -0.39 is 0 Å². The zero-order chi connectivity index (χ0) is 13.7. The standard InChI is InChI=1S/C13H18BrN5/c1-2-3-4-5-8-19-13(16-17-18-19)10-6-7-11(14)12(15)9-10/h6-7,9H,2-5,8,15H2,1H3. The summed E-state index contributed by atoms with van der Waals surface area (Å²) >= 11 is 3.39. The first-order valence-corrected chi connectivity index (χ1v) is 7.33. The first kappa shape index (κ1) is 14.0. The molecule has 0 saturated heterocycles. The molecular weight excluding hydrogens is 306 g/mol. The minimum Gasteiger partial charge on any atom is -0.398 e. The summed E-state index contributed by atoms with van der Waals surface area (Å²) in [4.78, 5) is 0. The number of aryl methyl sites for hydroxylation is 1. The molecule has 2 aromatic rings. The lowest BCUT2D eigenvalue weighted by Crippen LogP contribution is -2.03. The second-order valence-electron chi connectivity index (χ2n) is 4.52. The summed E-state index contributed by atoms with van der Waals surface area (Å²) < 4.78 is 2.73. The lowest BCUT2D eigenvalue weighted by molar-refractivity contribution is 0.531. The Bertz CT molecular complexity index is 538. The van der Waals surface area contributed by atoms with Crippen LogP contribution in [0.1, 0.15) is 32.6 Å². The molecule has 19 heavy (non-hydrogen) atoms. The molecular formula is C13H18BrN5. The number of nitrogens with zero attached hydrogens (tertiary/aromatic N) is 4. The molecule has 0 aliphatic rings. The van der Waals surface area contributed by atoms with E-state index in [2.05, 4.69) is 38.4 Å². The highest BCUT2D eigenvalue weighted by Crippen LogP contribution is 2.25. The van der Waals surface area contributed by atoms with Crippen LogP contribution in [-0.2, 0) is 6.54 Å². The van der Waals surface area contributed by atoms with E-state index in [4.69, 9.17) is 5.73 Å². The van der Waals surface area contributed by atoms with Crippen molar-refractivity contribution in [3.63, 3.8) is 0 Å². The molecule has 0 aliphatic heterocycles. The Balaban J connectivity index is 2.12. The number of hydrogen-bond acceptors (Lipinski definition) is 4. The van der Waals surface area contributed by atoms with Crippen molar-refractivity contribution in [3.05, 3.63) is 22.7 Å². The zero-order valence-electron chi connectivity index (χ0n) is 11.0. The molecule has 0 bridgehead atoms. The van der Waals surface area contributed by atoms with E-state index >= 15 is 0 Å². The molecule has 0 atom stereocenters. The zero-order valence-corrected chi connectivity index (χ0v) is 12.6. The number of unbranched alkanes of at least 4 members (excludes halogenated alkanes) is 3. The van der Waals surface area contributed by atoms with E-state index in [1.54, 1.807) is 0 Å². The fourth-order valence-electron chi connectivity index (χ4n) is 1.93. The molecule has 1 aromatic heterocycles. The van der Waals surface area contributed by atoms with Crippen molar-refractivity contribution >= 4 is 21.6 Å². The van der Waals surface area contributed by atoms with Crippen LogP contribution in [0.5, 0.6) is 0 Å². The Morgan fingerprint density at radius 1 is 1.26 bits per heavy atom. The van der Waals surface area contributed by atoms with Gasteiger partial charge in [-0.2, -0.15) is 0 Å². The van der Waals surface area contributed by atoms with Gasteiger partial charge < -0.3 is 5.73 Å². The number of benzene rings is 1. The van der Waals surface area contributed by atoms with Crippen LogP contribution < -0.4 is 5.73 Å². The van der Waals surface area contributed by atoms with Gasteiger partial charge in [-0.1, -0.05) is 26.2 Å². The molecule has 6 heteroatoms. The Kier molecular flexibility index (Phi) is 4.90. The third kappa shape index (κ3) is 3.53. The second kappa shape index (κ2) is 6.65. The Morgan fingerprint density at radius 2 is 2.11 bits per heavy atom. The van der Waals surface area contributed by atoms with Gasteiger partial charge in [-0.05, 0) is 51.0 Å². The molecule has 0 amide bonds. The third-order valence-electron chi connectivity index (χ3n) is 3.01. The average molecular weight is 324 g/mol. The van der Waals surface area contributed by atoms with Gasteiger partial charge in [0.1, 0.15) is 0 Å². The predicted molar refractivity (Wildman–Crippen MR) is 79.5 cm³/mol. The lowest BCUT2D eigenvalue weighted by atomic mass is 10.2. The van der Waals surface area contributed by atoms with Gasteiger partial charge in [0.25, 0.3) is 0 Å². The maximum atomic E-state index is 5.89. The minimum absolute atomic E-state index is 0.693. The molecule has 0 spiro atoms. The maximum absolute atomic E-state index is 5.89. The molecule has 0 unspecified atom stereocenters. The number of nitrogens with two attached hydrogens (primary N) is 1. The first-order chi connectivity index (χ1) is 9.22. The van der Waals surface area contributed by atoms with Crippen LogP contribution in [0.4, 0.5) is 5.69 Å². The highest BCUT2D eigenvalue weighted by Gasteiger charge is 2.09. The number of anilines is 1. The number of nitrogen functional groups attached to an aromatic ring is 1. The van der Waals surface area contributed by atoms with E-state index in [-0.39, 0.29) is 0 Å². The van der Waals surface area contributed by atoms with Gasteiger partial charge in [0.15, 0.2) is 5.82 Å². The fourth-order valence-corrected chi connectivity index (χ4v) is 2.18. The molecule has 0 fully saturated rings. The van der Waals surface area contributed by atoms with Crippen LogP contribution in [0.25, 0.3) is 11.4 Å². The van der Waals surface area contributed by atoms with Gasteiger partial charge >= 0.3 is 0 Å². The molecule has 2 N–H and O–H groups in total. The fraction of sp³-hybridized carbons (Fsp3) is 0.462. The van der Waals surface area contributed by atoms with Gasteiger partial charge in [-0.25, -0.2) is 4.68 Å². The molecule has 102 valence electrons. The topological polar surface area (TPSA) is 69.6 Å². The molecule has 0 saturated carbocycles. The van der Waals surface area contributed by atoms with Crippen LogP contribution in [-0.4, -0.2) is 20.2 Å². The summed E-state index contributed by atoms with van der Waals surface area (Å²) in [5.41, 5.74) is 7.53. The summed E-state index contributed by atoms with van der Waals surface area (Å²) in [6.07, 6.45) is 4.78. The molecule has 1 heterocycles. The quantitative estimate of drug-likeness (QED) is 0.654. The Hall–Kier alpha value is -1.43. The van der Waals surface area contributed by atoms with Crippen molar-refractivity contribution in [2.75, 3.05) is 5.73 Å². The highest BCUT2D eigenvalue weighted by atomic mass is 79.9. The summed E-state index contributed by atoms with van der Waals surface area (Å²) in [6, 6.07) is 5.77. The van der Waals surface area contributed by atoms with Crippen molar-refractivity contribution in [2.24, 2.45) is 0 Å². The minimum atomic E-state index is 0.693. The summed E-state index contributed by atoms with van der Waals surface area (Å²) in [6.45, 7) is 3.05. The van der Waals surface area contributed by atoms with Gasteiger partial charge in [0, 0.05) is 22.3 Å². The van der Waals surface area contributed by atoms with Gasteiger partial charge in [-0.15, -0.1) is 5.10 Å². The van der Waals surface area contributed by atoms with Gasteiger partial charge in [-0.3, -0.25) is 0 Å². The molecule has 0 aliphatic carbocycles. The van der Waals surface area contributed by atoms with Crippen LogP contribution in [0.15, 0.2) is 22.7 Å². The van der Waals surface area contributed by atoms with Crippen molar-refractivity contribution in [3.8, 4) is 11.4 Å². The number of halogens is 1. The van der Waals surface area contributed by atoms with Crippen LogP contribution in [0.2, 0.25) is 0 Å². The number of aromatic nitrogens is 4. The molecule has 2 rings (SSSR count). The number of rotatable bonds is 6. The van der Waals surface area contributed by atoms with Crippen LogP contribution >= 0.6 is 15.9 Å². The SMILES string of the molecule is CCCCCCn1nnnc1-c1ccc(Br)c(N)c1. The smallest absolute Gasteiger partial charge is 0.182 e. The second-order valence-corrected chi connectivity index (χ2v) is 5.38. The third-order valence-corrected chi connectivity index (χ3v) is 3.73. The molecule has 0 radical (unpaired) electrons. The summed E-state index contributed by atoms with van der Waals surface area (Å²) in [7, 11) is 0. The average Bonchev–Trinajstić information content (AvgIpc) is 2.86. The Labute approximate surface area is 121 Å². The van der Waals surface area contributed by atoms with Crippen molar-refractivity contribution in [1.82, 2.24) is 20.2 Å². The van der Waals surface area contributed by atoms with Crippen LogP contribution in [0.3, 0.4) is 0 Å². The van der Waals surface area contributed by atoms with E-state index in [9.17, 15) is 0 Å². The van der Waals surface area contributed by atoms with Crippen molar-refractivity contribution in [2.45, 2.75) is 39.2 Å². The molecule has 1 aromatic carbocycles. The predicted octanol–water partition coefficient (Wildman–Crippen LogP) is 3.27. The Morgan fingerprint density at radius 3 is 2.84 bits per heavy atom. The first-order valence-electron chi connectivity index (χ1n) is 6.54. The maximum Gasteiger partial charge on any atom is 0.182 e. The van der Waals surface area contributed by atoms with Crippen molar-refractivity contribution < 1.29 is 0 Å². The normalized spacial score (nSPS) is 10.8. The van der Waals surface area contributed by atoms with Gasteiger partial charge in [0.05, 0.1) is 0 Å². The van der Waals surface area contributed by atoms with Gasteiger partial charge in [0.2, 0.25) is 0 Å². The van der Waals surface area contributed by atoms with E-state index in [1.165, 1.54) is 19.3 Å². The lowest BCUT2D eigenvalue weighted by Gasteiger charge is -2.06. The largest absolute Gasteiger partial charge is 0.398 e. The van der Waals surface area contributed by atoms with E-state index in [0.29, 0.717) is 5.69 Å². The number of hydrogen-bond donors (Lipinski definition) is 1. The highest BCUT2D eigenvalue weighted by molar-refractivity contribution is 9.10. The number of tetrazole rings is 1. The van der Waals surface area contributed by atoms with Crippen LogP contribution in [0, 0.1) is 0 Å². The summed E-state index contributed by atoms with van der Waals surface area (Å²) in [5.74, 6) is 0.774. The van der Waals surface area contributed by atoms with E-state index in [0.717, 1.165) is 28.8 Å².